The van der Waals surface area contributed by atoms with Gasteiger partial charge in [0.1, 0.15) is 23.6 Å². The monoisotopic (exact) mass is 307 g/mol. The maximum Gasteiger partial charge on any atom is 0.159 e. The SMILES string of the molecule is CCCCN(C)c1ncnc(Nc2ccc(F)cc2F)c1N. The van der Waals surface area contributed by atoms with Crippen LogP contribution >= 0.6 is 0 Å². The van der Waals surface area contributed by atoms with Gasteiger partial charge in [0.25, 0.3) is 0 Å². The zero-order valence-corrected chi connectivity index (χ0v) is 12.6. The molecule has 0 fully saturated rings. The molecule has 0 bridgehead atoms. The minimum absolute atomic E-state index is 0.106. The number of hydrogen-bond acceptors (Lipinski definition) is 5. The van der Waals surface area contributed by atoms with Gasteiger partial charge in [-0.05, 0) is 18.6 Å². The second-order valence-corrected chi connectivity index (χ2v) is 4.98. The number of unbranched alkanes of at least 4 members (excludes halogenated alkanes) is 1. The van der Waals surface area contributed by atoms with Crippen molar-refractivity contribution in [3.05, 3.63) is 36.2 Å². The fourth-order valence-corrected chi connectivity index (χ4v) is 2.01. The maximum atomic E-state index is 13.7. The van der Waals surface area contributed by atoms with Gasteiger partial charge in [-0.1, -0.05) is 13.3 Å². The maximum absolute atomic E-state index is 13.7. The zero-order valence-electron chi connectivity index (χ0n) is 12.6. The Hall–Kier alpha value is -2.44. The Bertz CT molecular complexity index is 648. The van der Waals surface area contributed by atoms with E-state index in [-0.39, 0.29) is 5.69 Å². The Balaban J connectivity index is 2.25. The van der Waals surface area contributed by atoms with E-state index in [0.717, 1.165) is 31.5 Å². The summed E-state index contributed by atoms with van der Waals surface area (Å²) in [6.07, 6.45) is 3.43. The summed E-state index contributed by atoms with van der Waals surface area (Å²) >= 11 is 0. The van der Waals surface area contributed by atoms with Crippen LogP contribution in [0.1, 0.15) is 19.8 Å². The summed E-state index contributed by atoms with van der Waals surface area (Å²) in [7, 11) is 1.89. The molecular formula is C15H19F2N5. The number of rotatable bonds is 6. The summed E-state index contributed by atoms with van der Waals surface area (Å²) in [4.78, 5) is 10.1. The highest BCUT2D eigenvalue weighted by Gasteiger charge is 2.13. The highest BCUT2D eigenvalue weighted by atomic mass is 19.1. The largest absolute Gasteiger partial charge is 0.393 e. The predicted octanol–water partition coefficient (Wildman–Crippen LogP) is 3.32. The van der Waals surface area contributed by atoms with Gasteiger partial charge in [0.2, 0.25) is 0 Å². The van der Waals surface area contributed by atoms with E-state index in [1.54, 1.807) is 0 Å². The van der Waals surface area contributed by atoms with E-state index in [1.165, 1.54) is 12.4 Å². The molecule has 1 heterocycles. The Morgan fingerprint density at radius 2 is 2.05 bits per heavy atom. The number of hydrogen-bond donors (Lipinski definition) is 2. The quantitative estimate of drug-likeness (QED) is 0.857. The van der Waals surface area contributed by atoms with E-state index in [4.69, 9.17) is 5.73 Å². The molecule has 0 aliphatic carbocycles. The molecule has 1 aromatic heterocycles. The zero-order chi connectivity index (χ0) is 16.1. The lowest BCUT2D eigenvalue weighted by Gasteiger charge is -2.20. The summed E-state index contributed by atoms with van der Waals surface area (Å²) in [5, 5.41) is 2.77. The van der Waals surface area contributed by atoms with Gasteiger partial charge in [0.15, 0.2) is 11.6 Å². The van der Waals surface area contributed by atoms with Crippen molar-refractivity contribution in [3.63, 3.8) is 0 Å². The third-order valence-electron chi connectivity index (χ3n) is 3.26. The molecule has 5 nitrogen and oxygen atoms in total. The van der Waals surface area contributed by atoms with Crippen molar-refractivity contribution in [2.45, 2.75) is 19.8 Å². The number of nitrogens with two attached hydrogens (primary N) is 1. The lowest BCUT2D eigenvalue weighted by Crippen LogP contribution is -2.21. The Labute approximate surface area is 128 Å². The van der Waals surface area contributed by atoms with Crippen molar-refractivity contribution in [1.29, 1.82) is 0 Å². The van der Waals surface area contributed by atoms with Crippen LogP contribution < -0.4 is 16.0 Å². The van der Waals surface area contributed by atoms with Gasteiger partial charge >= 0.3 is 0 Å². The Morgan fingerprint density at radius 3 is 2.73 bits per heavy atom. The summed E-state index contributed by atoms with van der Waals surface area (Å²) in [5.74, 6) is -0.482. The van der Waals surface area contributed by atoms with Gasteiger partial charge in [-0.2, -0.15) is 0 Å². The first-order valence-corrected chi connectivity index (χ1v) is 7.06. The topological polar surface area (TPSA) is 67.1 Å². The number of anilines is 4. The van der Waals surface area contributed by atoms with Crippen molar-refractivity contribution in [3.8, 4) is 0 Å². The van der Waals surface area contributed by atoms with Crippen LogP contribution in [-0.4, -0.2) is 23.6 Å². The summed E-state index contributed by atoms with van der Waals surface area (Å²) in [6, 6.07) is 3.26. The van der Waals surface area contributed by atoms with E-state index in [0.29, 0.717) is 17.3 Å². The van der Waals surface area contributed by atoms with Crippen LogP contribution in [-0.2, 0) is 0 Å². The van der Waals surface area contributed by atoms with Gasteiger partial charge in [0, 0.05) is 19.7 Å². The minimum Gasteiger partial charge on any atom is -0.393 e. The van der Waals surface area contributed by atoms with Gasteiger partial charge in [-0.25, -0.2) is 18.7 Å². The van der Waals surface area contributed by atoms with Crippen molar-refractivity contribution in [2.24, 2.45) is 0 Å². The molecule has 0 saturated carbocycles. The normalized spacial score (nSPS) is 10.5. The van der Waals surface area contributed by atoms with Crippen LogP contribution in [0.2, 0.25) is 0 Å². The lowest BCUT2D eigenvalue weighted by atomic mass is 10.3. The fourth-order valence-electron chi connectivity index (χ4n) is 2.01. The van der Waals surface area contributed by atoms with Crippen LogP contribution in [0.15, 0.2) is 24.5 Å². The first-order chi connectivity index (χ1) is 10.5. The number of benzene rings is 1. The van der Waals surface area contributed by atoms with Crippen LogP contribution in [0, 0.1) is 11.6 Å². The molecule has 2 aromatic rings. The summed E-state index contributed by atoms with van der Waals surface area (Å²) in [5.41, 5.74) is 6.49. The second kappa shape index (κ2) is 7.02. The van der Waals surface area contributed by atoms with E-state index >= 15 is 0 Å². The molecule has 0 aliphatic heterocycles. The van der Waals surface area contributed by atoms with E-state index in [1.807, 2.05) is 11.9 Å². The van der Waals surface area contributed by atoms with Gasteiger partial charge < -0.3 is 16.0 Å². The number of nitrogens with one attached hydrogen (secondary N) is 1. The molecular weight excluding hydrogens is 288 g/mol. The van der Waals surface area contributed by atoms with Crippen LogP contribution in [0.3, 0.4) is 0 Å². The average Bonchev–Trinajstić information content (AvgIpc) is 2.49. The molecule has 7 heteroatoms. The molecule has 118 valence electrons. The van der Waals surface area contributed by atoms with Crippen molar-refractivity contribution >= 4 is 23.0 Å². The van der Waals surface area contributed by atoms with Crippen molar-refractivity contribution in [1.82, 2.24) is 9.97 Å². The fraction of sp³-hybridized carbons (Fsp3) is 0.333. The highest BCUT2D eigenvalue weighted by molar-refractivity contribution is 5.78. The van der Waals surface area contributed by atoms with Crippen LogP contribution in [0.25, 0.3) is 0 Å². The van der Waals surface area contributed by atoms with Crippen molar-refractivity contribution in [2.75, 3.05) is 29.5 Å². The lowest BCUT2D eigenvalue weighted by molar-refractivity contribution is 0.586. The van der Waals surface area contributed by atoms with Crippen LogP contribution in [0.5, 0.6) is 0 Å². The first-order valence-electron chi connectivity index (χ1n) is 7.06. The molecule has 0 atom stereocenters. The van der Waals surface area contributed by atoms with E-state index in [2.05, 4.69) is 22.2 Å². The average molecular weight is 307 g/mol. The van der Waals surface area contributed by atoms with Gasteiger partial charge in [0.05, 0.1) is 5.69 Å². The molecule has 0 aliphatic rings. The second-order valence-electron chi connectivity index (χ2n) is 4.98. The van der Waals surface area contributed by atoms with E-state index in [9.17, 15) is 8.78 Å². The Morgan fingerprint density at radius 1 is 1.27 bits per heavy atom. The third-order valence-corrected chi connectivity index (χ3v) is 3.26. The van der Waals surface area contributed by atoms with Crippen LogP contribution in [0.4, 0.5) is 31.8 Å². The molecule has 0 amide bonds. The first kappa shape index (κ1) is 15.9. The molecule has 1 aromatic carbocycles. The standard InChI is InChI=1S/C15H19F2N5/c1-3-4-7-22(2)15-13(18)14(19-9-20-15)21-12-6-5-10(16)8-11(12)17/h5-6,8-9H,3-4,7,18H2,1-2H3,(H,19,20,21). The Kier molecular flexibility index (Phi) is 5.08. The predicted molar refractivity (Wildman–Crippen MR) is 84.3 cm³/mol. The third kappa shape index (κ3) is 3.60. The number of nitrogen functional groups attached to an aromatic ring is 1. The molecule has 0 radical (unpaired) electrons. The molecule has 3 N–H and O–H groups in total. The molecule has 0 unspecified atom stereocenters. The smallest absolute Gasteiger partial charge is 0.159 e. The summed E-state index contributed by atoms with van der Waals surface area (Å²) < 4.78 is 26.6. The van der Waals surface area contributed by atoms with E-state index < -0.39 is 11.6 Å². The molecule has 22 heavy (non-hydrogen) atoms. The number of halogens is 2. The van der Waals surface area contributed by atoms with Crippen molar-refractivity contribution < 1.29 is 8.78 Å². The number of nitrogens with zero attached hydrogens (tertiary/aromatic N) is 3. The highest BCUT2D eigenvalue weighted by Crippen LogP contribution is 2.29. The summed E-state index contributed by atoms with van der Waals surface area (Å²) in [6.45, 7) is 2.91. The van der Waals surface area contributed by atoms with Gasteiger partial charge in [-0.15, -0.1) is 0 Å². The van der Waals surface area contributed by atoms with Gasteiger partial charge in [-0.3, -0.25) is 0 Å². The molecule has 2 rings (SSSR count). The molecule has 0 spiro atoms. The molecule has 0 saturated heterocycles. The minimum atomic E-state index is -0.709. The number of aromatic nitrogens is 2.